The van der Waals surface area contributed by atoms with Crippen LogP contribution in [0.5, 0.6) is 0 Å². The van der Waals surface area contributed by atoms with Crippen LogP contribution >= 0.6 is 0 Å². The molecule has 0 saturated heterocycles. The van der Waals surface area contributed by atoms with Crippen molar-refractivity contribution in [2.24, 2.45) is 10.8 Å². The van der Waals surface area contributed by atoms with Crippen LogP contribution in [-0.2, 0) is 20.2 Å². The first kappa shape index (κ1) is 24.6. The summed E-state index contributed by atoms with van der Waals surface area (Å²) in [7, 11) is -8.06. The maximum atomic E-state index is 10.1. The van der Waals surface area contributed by atoms with Gasteiger partial charge in [0.15, 0.2) is 0 Å². The van der Waals surface area contributed by atoms with E-state index in [0.29, 0.717) is 0 Å². The molecule has 19 heavy (non-hydrogen) atoms. The Morgan fingerprint density at radius 2 is 0.842 bits per heavy atom. The van der Waals surface area contributed by atoms with Crippen LogP contribution < -0.4 is 0 Å². The van der Waals surface area contributed by atoms with Crippen LogP contribution in [0.15, 0.2) is 0 Å². The molecule has 0 aromatic carbocycles. The van der Waals surface area contributed by atoms with Gasteiger partial charge in [-0.1, -0.05) is 41.5 Å². The van der Waals surface area contributed by atoms with E-state index < -0.39 is 31.1 Å². The Morgan fingerprint density at radius 3 is 0.842 bits per heavy atom. The van der Waals surface area contributed by atoms with E-state index in [9.17, 15) is 25.9 Å². The second-order valence-corrected chi connectivity index (χ2v) is 9.33. The van der Waals surface area contributed by atoms with Gasteiger partial charge in [0.05, 0.1) is 20.2 Å². The zero-order chi connectivity index (χ0) is 15.4. The molecule has 0 saturated carbocycles. The van der Waals surface area contributed by atoms with Crippen LogP contribution in [-0.4, -0.2) is 60.5 Å². The molecule has 0 spiro atoms. The topological polar surface area (TPSA) is 114 Å². The molecule has 0 aliphatic heterocycles. The predicted molar refractivity (Wildman–Crippen MR) is 73.8 cm³/mol. The molecule has 0 aromatic rings. The van der Waals surface area contributed by atoms with E-state index in [0.717, 1.165) is 0 Å². The van der Waals surface area contributed by atoms with Crippen molar-refractivity contribution in [3.63, 3.8) is 0 Å². The van der Waals surface area contributed by atoms with E-state index in [1.807, 2.05) is 0 Å². The molecule has 0 unspecified atom stereocenters. The minimum absolute atomic E-state index is 0. The van der Waals surface area contributed by atoms with Gasteiger partial charge in [-0.2, -0.15) is 0 Å². The van der Waals surface area contributed by atoms with Gasteiger partial charge in [0.1, 0.15) is 0 Å². The Kier molecular flexibility index (Phi) is 10.5. The van der Waals surface area contributed by atoms with Crippen LogP contribution in [0.2, 0.25) is 0 Å². The van der Waals surface area contributed by atoms with Crippen molar-refractivity contribution in [2.75, 3.05) is 11.5 Å². The van der Waals surface area contributed by atoms with Gasteiger partial charge in [-0.3, -0.25) is 0 Å². The summed E-state index contributed by atoms with van der Waals surface area (Å²) in [6.45, 7) is 10.3. The minimum Gasteiger partial charge on any atom is -0.748 e. The largest absolute Gasteiger partial charge is 2.00 e. The second-order valence-electron chi connectivity index (χ2n) is 6.53. The fraction of sp³-hybridized carbons (Fsp3) is 1.00. The first-order valence-corrected chi connectivity index (χ1v) is 8.44. The summed E-state index contributed by atoms with van der Waals surface area (Å²) in [5.74, 6) is -0.583. The first-order chi connectivity index (χ1) is 7.41. The summed E-state index contributed by atoms with van der Waals surface area (Å²) < 4.78 is 60.5. The van der Waals surface area contributed by atoms with Crippen LogP contribution in [0.4, 0.5) is 0 Å². The predicted octanol–water partition coefficient (Wildman–Crippen LogP) is 0.775. The Balaban J connectivity index is -0.000000256. The van der Waals surface area contributed by atoms with Crippen molar-refractivity contribution in [2.45, 2.75) is 41.5 Å². The van der Waals surface area contributed by atoms with Crippen LogP contribution in [0.25, 0.3) is 0 Å². The Bertz CT molecular complexity index is 395. The van der Waals surface area contributed by atoms with Gasteiger partial charge in [0, 0.05) is 11.5 Å². The quantitative estimate of drug-likeness (QED) is 0.547. The maximum absolute atomic E-state index is 10.1. The van der Waals surface area contributed by atoms with Gasteiger partial charge >= 0.3 is 23.1 Å². The Labute approximate surface area is 133 Å². The summed E-state index contributed by atoms with van der Waals surface area (Å²) >= 11 is 0. The van der Waals surface area contributed by atoms with Crippen molar-refractivity contribution < 1.29 is 25.9 Å². The average molecular weight is 327 g/mol. The maximum Gasteiger partial charge on any atom is 2.00 e. The Morgan fingerprint density at radius 1 is 0.684 bits per heavy atom. The van der Waals surface area contributed by atoms with E-state index >= 15 is 0 Å². The third-order valence-corrected chi connectivity index (χ3v) is 3.66. The third kappa shape index (κ3) is 32.3. The standard InChI is InChI=1S/2C5H12O3S.Mg/c2*1-5(2,3)4-9(6,7)8;/h2*4H2,1-3H3,(H,6,7,8);/q;;+2/p-2. The molecule has 0 radical (unpaired) electrons. The minimum atomic E-state index is -4.03. The summed E-state index contributed by atoms with van der Waals surface area (Å²) in [4.78, 5) is 0. The molecule has 0 rings (SSSR count). The molecule has 0 amide bonds. The molecule has 0 fully saturated rings. The smallest absolute Gasteiger partial charge is 0.748 e. The van der Waals surface area contributed by atoms with Gasteiger partial charge in [0.2, 0.25) is 0 Å². The summed E-state index contributed by atoms with van der Waals surface area (Å²) in [5, 5.41) is 0. The molecule has 0 aliphatic rings. The fourth-order valence-corrected chi connectivity index (χ4v) is 3.18. The first-order valence-electron chi connectivity index (χ1n) is 5.28. The third-order valence-electron chi connectivity index (χ3n) is 1.22. The van der Waals surface area contributed by atoms with Crippen molar-refractivity contribution in [3.8, 4) is 0 Å². The van der Waals surface area contributed by atoms with Crippen molar-refractivity contribution in [1.29, 1.82) is 0 Å². The van der Waals surface area contributed by atoms with E-state index in [1.165, 1.54) is 0 Å². The zero-order valence-electron chi connectivity index (χ0n) is 12.4. The number of hydrogen-bond donors (Lipinski definition) is 0. The molecular formula is C10H22MgO6S2. The molecule has 0 aromatic heterocycles. The van der Waals surface area contributed by atoms with Crippen LogP contribution in [0, 0.1) is 10.8 Å². The molecular weight excluding hydrogens is 305 g/mol. The second kappa shape index (κ2) is 8.13. The zero-order valence-corrected chi connectivity index (χ0v) is 15.4. The van der Waals surface area contributed by atoms with Crippen molar-refractivity contribution in [3.05, 3.63) is 0 Å². The average Bonchev–Trinajstić information content (AvgIpc) is 1.64. The summed E-state index contributed by atoms with van der Waals surface area (Å²) in [6, 6.07) is 0. The molecule has 6 nitrogen and oxygen atoms in total. The SMILES string of the molecule is CC(C)(C)CS(=O)(=O)[O-].CC(C)(C)CS(=O)(=O)[O-].[Mg+2]. The molecule has 112 valence electrons. The van der Waals surface area contributed by atoms with Gasteiger partial charge in [0.25, 0.3) is 0 Å². The Hall–Kier alpha value is 0.586. The van der Waals surface area contributed by atoms with E-state index in [2.05, 4.69) is 0 Å². The normalized spacial score (nSPS) is 13.1. The fourth-order valence-electron chi connectivity index (χ4n) is 1.06. The molecule has 0 heterocycles. The van der Waals surface area contributed by atoms with Crippen molar-refractivity contribution in [1.82, 2.24) is 0 Å². The van der Waals surface area contributed by atoms with E-state index in [1.54, 1.807) is 41.5 Å². The van der Waals surface area contributed by atoms with Gasteiger partial charge in [-0.25, -0.2) is 16.8 Å². The van der Waals surface area contributed by atoms with E-state index in [4.69, 9.17) is 0 Å². The monoisotopic (exact) mass is 326 g/mol. The molecule has 0 aliphatic carbocycles. The van der Waals surface area contributed by atoms with E-state index in [-0.39, 0.29) is 34.6 Å². The number of rotatable bonds is 2. The number of hydrogen-bond acceptors (Lipinski definition) is 6. The molecule has 0 N–H and O–H groups in total. The summed E-state index contributed by atoms with van der Waals surface area (Å²) in [6.07, 6.45) is 0. The van der Waals surface area contributed by atoms with Gasteiger partial charge < -0.3 is 9.11 Å². The summed E-state index contributed by atoms with van der Waals surface area (Å²) in [5.41, 5.74) is -0.832. The molecule has 0 bridgehead atoms. The van der Waals surface area contributed by atoms with Gasteiger partial charge in [-0.15, -0.1) is 0 Å². The molecule has 0 atom stereocenters. The van der Waals surface area contributed by atoms with Crippen LogP contribution in [0.3, 0.4) is 0 Å². The van der Waals surface area contributed by atoms with Crippen molar-refractivity contribution >= 4 is 43.3 Å². The molecule has 9 heteroatoms. The van der Waals surface area contributed by atoms with Crippen LogP contribution in [0.1, 0.15) is 41.5 Å². The van der Waals surface area contributed by atoms with Gasteiger partial charge in [-0.05, 0) is 10.8 Å².